The summed E-state index contributed by atoms with van der Waals surface area (Å²) >= 11 is 1.39. The Hall–Kier alpha value is -1.81. The summed E-state index contributed by atoms with van der Waals surface area (Å²) in [5, 5.41) is 6.81. The molecule has 5 nitrogen and oxygen atoms in total. The minimum atomic E-state index is -4.40. The standard InChI is InChI=1S/C23H30F3N5S.ClH/c1-3-30(2)17-4-5-18-20(14-17)32-21-13-15(23(24,25)26)12-19(22(21)29-18)28-16-6-9-31(10-7-16)11-8-27;/h4-5,12-14,16,28-29H,3,6-11,27H2,1-2H3;1H. The molecule has 0 aromatic heterocycles. The zero-order valence-electron chi connectivity index (χ0n) is 18.8. The molecule has 2 aliphatic rings. The van der Waals surface area contributed by atoms with Crippen LogP contribution in [-0.2, 0) is 6.18 Å². The Morgan fingerprint density at radius 1 is 1.18 bits per heavy atom. The molecule has 0 amide bonds. The van der Waals surface area contributed by atoms with Crippen molar-refractivity contribution in [2.45, 2.75) is 41.8 Å². The van der Waals surface area contributed by atoms with Crippen molar-refractivity contribution in [1.82, 2.24) is 4.90 Å². The van der Waals surface area contributed by atoms with E-state index in [1.807, 2.05) is 25.2 Å². The summed E-state index contributed by atoms with van der Waals surface area (Å²) < 4.78 is 41.0. The number of nitrogens with two attached hydrogens (primary N) is 1. The summed E-state index contributed by atoms with van der Waals surface area (Å²) in [5.41, 5.74) is 8.21. The first-order chi connectivity index (χ1) is 15.3. The summed E-state index contributed by atoms with van der Waals surface area (Å²) in [6.45, 7) is 6.19. The summed E-state index contributed by atoms with van der Waals surface area (Å²) in [6, 6.07) is 8.68. The van der Waals surface area contributed by atoms with Crippen LogP contribution in [0.3, 0.4) is 0 Å². The molecule has 0 unspecified atom stereocenters. The average molecular weight is 502 g/mol. The third-order valence-electron chi connectivity index (χ3n) is 6.18. The van der Waals surface area contributed by atoms with Crippen molar-refractivity contribution in [3.05, 3.63) is 35.9 Å². The first kappa shape index (κ1) is 25.8. The SMILES string of the molecule is CCN(C)c1ccc2c(c1)Sc1cc(C(F)(F)F)cc(NC3CCN(CCN)CC3)c1N2.Cl. The zero-order valence-corrected chi connectivity index (χ0v) is 20.5. The minimum absolute atomic E-state index is 0. The predicted molar refractivity (Wildman–Crippen MR) is 134 cm³/mol. The number of rotatable bonds is 6. The van der Waals surface area contributed by atoms with Gasteiger partial charge in [-0.1, -0.05) is 11.8 Å². The molecule has 0 saturated carbocycles. The molecular formula is C23H31ClF3N5S. The molecule has 2 aliphatic heterocycles. The van der Waals surface area contributed by atoms with Crippen molar-refractivity contribution < 1.29 is 13.2 Å². The average Bonchev–Trinajstić information content (AvgIpc) is 2.77. The molecule has 1 saturated heterocycles. The van der Waals surface area contributed by atoms with Crippen LogP contribution in [0.1, 0.15) is 25.3 Å². The van der Waals surface area contributed by atoms with E-state index in [-0.39, 0.29) is 18.4 Å². The number of hydrogen-bond acceptors (Lipinski definition) is 6. The largest absolute Gasteiger partial charge is 0.416 e. The number of halogens is 4. The summed E-state index contributed by atoms with van der Waals surface area (Å²) in [7, 11) is 2.00. The Bertz CT molecular complexity index is 964. The molecular weight excluding hydrogens is 471 g/mol. The first-order valence-corrected chi connectivity index (χ1v) is 11.8. The zero-order chi connectivity index (χ0) is 22.9. The first-order valence-electron chi connectivity index (χ1n) is 11.0. The molecule has 0 aliphatic carbocycles. The van der Waals surface area contributed by atoms with E-state index in [4.69, 9.17) is 5.73 Å². The Morgan fingerprint density at radius 2 is 1.91 bits per heavy atom. The topological polar surface area (TPSA) is 56.6 Å². The third-order valence-corrected chi connectivity index (χ3v) is 7.28. The molecule has 33 heavy (non-hydrogen) atoms. The van der Waals surface area contributed by atoms with Crippen molar-refractivity contribution in [2.24, 2.45) is 5.73 Å². The van der Waals surface area contributed by atoms with Gasteiger partial charge >= 0.3 is 6.18 Å². The Balaban J connectivity index is 0.00000306. The van der Waals surface area contributed by atoms with Gasteiger partial charge < -0.3 is 26.2 Å². The van der Waals surface area contributed by atoms with Crippen molar-refractivity contribution >= 4 is 46.9 Å². The number of fused-ring (bicyclic) bond motifs is 2. The van der Waals surface area contributed by atoms with Gasteiger partial charge in [-0.05, 0) is 50.1 Å². The lowest BCUT2D eigenvalue weighted by molar-refractivity contribution is -0.137. The van der Waals surface area contributed by atoms with Crippen LogP contribution in [0.25, 0.3) is 0 Å². The van der Waals surface area contributed by atoms with Crippen LogP contribution in [0, 0.1) is 0 Å². The number of anilines is 4. The summed E-state index contributed by atoms with van der Waals surface area (Å²) in [5.74, 6) is 0. The van der Waals surface area contributed by atoms with Gasteiger partial charge in [0.15, 0.2) is 0 Å². The number of likely N-dealkylation sites (tertiary alicyclic amines) is 1. The fraction of sp³-hybridized carbons (Fsp3) is 0.478. The molecule has 182 valence electrons. The molecule has 0 bridgehead atoms. The van der Waals surface area contributed by atoms with Crippen molar-refractivity contribution in [3.8, 4) is 0 Å². The van der Waals surface area contributed by atoms with Crippen LogP contribution in [0.4, 0.5) is 35.9 Å². The highest BCUT2D eigenvalue weighted by molar-refractivity contribution is 7.99. The number of benzene rings is 2. The van der Waals surface area contributed by atoms with Gasteiger partial charge in [0.2, 0.25) is 0 Å². The summed E-state index contributed by atoms with van der Waals surface area (Å²) in [4.78, 5) is 5.92. The number of alkyl halides is 3. The van der Waals surface area contributed by atoms with Gasteiger partial charge in [-0.15, -0.1) is 12.4 Å². The second-order valence-electron chi connectivity index (χ2n) is 8.37. The lowest BCUT2D eigenvalue weighted by atomic mass is 10.0. The van der Waals surface area contributed by atoms with Gasteiger partial charge in [-0.3, -0.25) is 0 Å². The molecule has 0 atom stereocenters. The fourth-order valence-electron chi connectivity index (χ4n) is 4.18. The Labute approximate surface area is 203 Å². The van der Waals surface area contributed by atoms with Gasteiger partial charge in [0.25, 0.3) is 0 Å². The van der Waals surface area contributed by atoms with Gasteiger partial charge in [0.05, 0.1) is 22.6 Å². The van der Waals surface area contributed by atoms with Crippen LogP contribution < -0.4 is 21.3 Å². The van der Waals surface area contributed by atoms with Crippen LogP contribution in [0.5, 0.6) is 0 Å². The van der Waals surface area contributed by atoms with Gasteiger partial charge in [0.1, 0.15) is 0 Å². The van der Waals surface area contributed by atoms with Crippen molar-refractivity contribution in [1.29, 1.82) is 0 Å². The van der Waals surface area contributed by atoms with E-state index in [0.717, 1.165) is 61.0 Å². The maximum absolute atomic E-state index is 13.7. The molecule has 2 heterocycles. The second kappa shape index (κ2) is 10.6. The van der Waals surface area contributed by atoms with Crippen LogP contribution in [0.15, 0.2) is 40.1 Å². The van der Waals surface area contributed by atoms with E-state index in [1.165, 1.54) is 23.9 Å². The third kappa shape index (κ3) is 5.82. The fourth-order valence-corrected chi connectivity index (χ4v) is 5.27. The minimum Gasteiger partial charge on any atom is -0.380 e. The van der Waals surface area contributed by atoms with Crippen molar-refractivity contribution in [2.75, 3.05) is 55.3 Å². The van der Waals surface area contributed by atoms with Gasteiger partial charge in [-0.25, -0.2) is 0 Å². The molecule has 0 radical (unpaired) electrons. The smallest absolute Gasteiger partial charge is 0.380 e. The van der Waals surface area contributed by atoms with Crippen molar-refractivity contribution in [3.63, 3.8) is 0 Å². The molecule has 0 spiro atoms. The molecule has 1 fully saturated rings. The highest BCUT2D eigenvalue weighted by atomic mass is 35.5. The Morgan fingerprint density at radius 3 is 2.55 bits per heavy atom. The second-order valence-corrected chi connectivity index (χ2v) is 9.45. The van der Waals surface area contributed by atoms with Gasteiger partial charge in [-0.2, -0.15) is 13.2 Å². The van der Waals surface area contributed by atoms with Crippen LogP contribution >= 0.6 is 24.2 Å². The Kier molecular flexibility index (Phi) is 8.31. The highest BCUT2D eigenvalue weighted by Crippen LogP contribution is 2.50. The molecule has 10 heteroatoms. The van der Waals surface area contributed by atoms with E-state index in [2.05, 4.69) is 27.4 Å². The van der Waals surface area contributed by atoms with E-state index >= 15 is 0 Å². The molecule has 2 aromatic carbocycles. The van der Waals surface area contributed by atoms with E-state index in [9.17, 15) is 13.2 Å². The maximum atomic E-state index is 13.7. The van der Waals surface area contributed by atoms with E-state index < -0.39 is 11.7 Å². The monoisotopic (exact) mass is 501 g/mol. The number of piperidine rings is 1. The maximum Gasteiger partial charge on any atom is 0.416 e. The number of hydrogen-bond donors (Lipinski definition) is 3. The number of nitrogens with one attached hydrogen (secondary N) is 2. The lowest BCUT2D eigenvalue weighted by Crippen LogP contribution is -2.41. The predicted octanol–water partition coefficient (Wildman–Crippen LogP) is 5.63. The van der Waals surface area contributed by atoms with E-state index in [0.29, 0.717) is 17.1 Å². The highest BCUT2D eigenvalue weighted by Gasteiger charge is 2.34. The summed E-state index contributed by atoms with van der Waals surface area (Å²) in [6.07, 6.45) is -2.65. The van der Waals surface area contributed by atoms with Gasteiger partial charge in [0, 0.05) is 61.3 Å². The van der Waals surface area contributed by atoms with Crippen LogP contribution in [-0.4, -0.2) is 50.7 Å². The molecule has 4 N–H and O–H groups in total. The lowest BCUT2D eigenvalue weighted by Gasteiger charge is -2.34. The molecule has 4 rings (SSSR count). The number of nitrogens with zero attached hydrogens (tertiary/aromatic N) is 2. The normalized spacial score (nSPS) is 16.3. The molecule has 2 aromatic rings. The van der Waals surface area contributed by atoms with E-state index in [1.54, 1.807) is 0 Å². The quantitative estimate of drug-likeness (QED) is 0.407. The van der Waals surface area contributed by atoms with Crippen LogP contribution in [0.2, 0.25) is 0 Å².